The highest BCUT2D eigenvalue weighted by Gasteiger charge is 2.36. The van der Waals surface area contributed by atoms with Crippen LogP contribution in [0.1, 0.15) is 36.5 Å². The molecule has 1 aromatic rings. The summed E-state index contributed by atoms with van der Waals surface area (Å²) in [5.41, 5.74) is 1.22. The number of rotatable bonds is 4. The number of carboxylic acid groups (broad SMARTS) is 1. The fourth-order valence-corrected chi connectivity index (χ4v) is 3.07. The summed E-state index contributed by atoms with van der Waals surface area (Å²) in [5, 5.41) is 9.25. The Bertz CT molecular complexity index is 496. The summed E-state index contributed by atoms with van der Waals surface area (Å²) in [4.78, 5) is 13.6. The molecule has 0 spiro atoms. The van der Waals surface area contributed by atoms with Crippen LogP contribution in [0.3, 0.4) is 0 Å². The van der Waals surface area contributed by atoms with Crippen molar-refractivity contribution in [3.05, 3.63) is 23.8 Å². The second-order valence-corrected chi connectivity index (χ2v) is 5.31. The molecule has 1 aromatic carbocycles. The van der Waals surface area contributed by atoms with Gasteiger partial charge in [-0.3, -0.25) is 0 Å². The number of benzene rings is 1. The van der Waals surface area contributed by atoms with Gasteiger partial charge in [0.25, 0.3) is 0 Å². The number of fused-ring (bicyclic) bond motifs is 1. The van der Waals surface area contributed by atoms with E-state index in [1.807, 2.05) is 12.1 Å². The van der Waals surface area contributed by atoms with Crippen molar-refractivity contribution in [3.63, 3.8) is 0 Å². The van der Waals surface area contributed by atoms with Gasteiger partial charge in [-0.2, -0.15) is 0 Å². The number of para-hydroxylation sites is 1. The first-order valence-electron chi connectivity index (χ1n) is 6.98. The van der Waals surface area contributed by atoms with E-state index in [-0.39, 0.29) is 5.56 Å². The maximum atomic E-state index is 11.3. The highest BCUT2D eigenvalue weighted by atomic mass is 16.5. The molecule has 1 aliphatic carbocycles. The molecule has 3 rings (SSSR count). The molecular weight excluding hydrogens is 242 g/mol. The Balaban J connectivity index is 1.99. The van der Waals surface area contributed by atoms with Gasteiger partial charge in [0.2, 0.25) is 0 Å². The second kappa shape index (κ2) is 4.76. The van der Waals surface area contributed by atoms with E-state index < -0.39 is 5.97 Å². The van der Waals surface area contributed by atoms with E-state index in [9.17, 15) is 9.90 Å². The molecule has 4 nitrogen and oxygen atoms in total. The number of ether oxygens (including phenoxy) is 1. The van der Waals surface area contributed by atoms with E-state index in [1.165, 1.54) is 12.8 Å². The van der Waals surface area contributed by atoms with Crippen LogP contribution in [0, 0.1) is 5.92 Å². The van der Waals surface area contributed by atoms with Gasteiger partial charge in [0.05, 0.1) is 12.2 Å². The van der Waals surface area contributed by atoms with Gasteiger partial charge in [-0.25, -0.2) is 4.79 Å². The van der Waals surface area contributed by atoms with Gasteiger partial charge in [-0.05, 0) is 37.3 Å². The third-order valence-corrected chi connectivity index (χ3v) is 4.10. The molecule has 0 bridgehead atoms. The summed E-state index contributed by atoms with van der Waals surface area (Å²) in [6.45, 7) is 3.63. The number of hydrogen-bond donors (Lipinski definition) is 1. The van der Waals surface area contributed by atoms with Crippen molar-refractivity contribution >= 4 is 11.7 Å². The number of anilines is 1. The van der Waals surface area contributed by atoms with Crippen molar-refractivity contribution in [1.29, 1.82) is 0 Å². The Morgan fingerprint density at radius 2 is 2.32 bits per heavy atom. The Labute approximate surface area is 113 Å². The monoisotopic (exact) mass is 261 g/mol. The van der Waals surface area contributed by atoms with Crippen molar-refractivity contribution in [1.82, 2.24) is 0 Å². The lowest BCUT2D eigenvalue weighted by Crippen LogP contribution is -2.42. The third-order valence-electron chi connectivity index (χ3n) is 4.10. The van der Waals surface area contributed by atoms with Crippen molar-refractivity contribution in [2.24, 2.45) is 5.92 Å². The van der Waals surface area contributed by atoms with Crippen LogP contribution < -0.4 is 9.64 Å². The summed E-state index contributed by atoms with van der Waals surface area (Å²) < 4.78 is 5.62. The molecule has 1 N–H and O–H groups in total. The molecule has 1 heterocycles. The lowest BCUT2D eigenvalue weighted by Gasteiger charge is -2.38. The molecular formula is C15H19NO3. The average molecular weight is 261 g/mol. The van der Waals surface area contributed by atoms with Crippen LogP contribution >= 0.6 is 0 Å². The summed E-state index contributed by atoms with van der Waals surface area (Å²) in [5.74, 6) is 0.392. The van der Waals surface area contributed by atoms with Gasteiger partial charge in [-0.1, -0.05) is 13.0 Å². The highest BCUT2D eigenvalue weighted by Crippen LogP contribution is 2.43. The Hall–Kier alpha value is -1.71. The van der Waals surface area contributed by atoms with Crippen LogP contribution in [0.15, 0.2) is 18.2 Å². The number of carboxylic acids is 1. The SMILES string of the molecule is CCC(C1CC1)N1CCOc2c(C(=O)O)cccc21. The van der Waals surface area contributed by atoms with E-state index >= 15 is 0 Å². The van der Waals surface area contributed by atoms with Crippen LogP contribution in [-0.4, -0.2) is 30.3 Å². The maximum absolute atomic E-state index is 11.3. The molecule has 0 saturated heterocycles. The quantitative estimate of drug-likeness (QED) is 0.905. The van der Waals surface area contributed by atoms with Gasteiger partial charge in [0.1, 0.15) is 12.2 Å². The van der Waals surface area contributed by atoms with Crippen molar-refractivity contribution < 1.29 is 14.6 Å². The van der Waals surface area contributed by atoms with Gasteiger partial charge < -0.3 is 14.7 Å². The molecule has 4 heteroatoms. The topological polar surface area (TPSA) is 49.8 Å². The average Bonchev–Trinajstić information content (AvgIpc) is 3.23. The van der Waals surface area contributed by atoms with Crippen molar-refractivity contribution in [3.8, 4) is 5.75 Å². The molecule has 0 aromatic heterocycles. The zero-order valence-corrected chi connectivity index (χ0v) is 11.1. The van der Waals surface area contributed by atoms with Crippen LogP contribution in [-0.2, 0) is 0 Å². The van der Waals surface area contributed by atoms with E-state index in [1.54, 1.807) is 6.07 Å². The Morgan fingerprint density at radius 3 is 2.95 bits per heavy atom. The van der Waals surface area contributed by atoms with Crippen molar-refractivity contribution in [2.45, 2.75) is 32.2 Å². The molecule has 1 saturated carbocycles. The fourth-order valence-electron chi connectivity index (χ4n) is 3.07. The molecule has 1 unspecified atom stereocenters. The molecule has 102 valence electrons. The first kappa shape index (κ1) is 12.3. The van der Waals surface area contributed by atoms with E-state index in [2.05, 4.69) is 11.8 Å². The van der Waals surface area contributed by atoms with E-state index in [0.29, 0.717) is 18.4 Å². The molecule has 2 aliphatic rings. The minimum absolute atomic E-state index is 0.271. The predicted molar refractivity (Wildman–Crippen MR) is 73.0 cm³/mol. The standard InChI is InChI=1S/C15H19NO3/c1-2-12(10-6-7-10)16-8-9-19-14-11(15(17)18)4-3-5-13(14)16/h3-5,10,12H,2,6-9H2,1H3,(H,17,18). The molecule has 1 atom stereocenters. The minimum Gasteiger partial charge on any atom is -0.489 e. The minimum atomic E-state index is -0.918. The van der Waals surface area contributed by atoms with Crippen LogP contribution in [0.2, 0.25) is 0 Å². The van der Waals surface area contributed by atoms with Gasteiger partial charge in [0.15, 0.2) is 5.75 Å². The smallest absolute Gasteiger partial charge is 0.339 e. The zero-order chi connectivity index (χ0) is 13.4. The number of aromatic carboxylic acids is 1. The first-order chi connectivity index (χ1) is 9.22. The maximum Gasteiger partial charge on any atom is 0.339 e. The largest absolute Gasteiger partial charge is 0.489 e. The summed E-state index contributed by atoms with van der Waals surface area (Å²) in [6.07, 6.45) is 3.69. The van der Waals surface area contributed by atoms with Crippen LogP contribution in [0.5, 0.6) is 5.75 Å². The molecule has 1 aliphatic heterocycles. The van der Waals surface area contributed by atoms with Crippen LogP contribution in [0.4, 0.5) is 5.69 Å². The molecule has 19 heavy (non-hydrogen) atoms. The lowest BCUT2D eigenvalue weighted by atomic mass is 10.0. The molecule has 0 radical (unpaired) electrons. The predicted octanol–water partition coefficient (Wildman–Crippen LogP) is 2.77. The third kappa shape index (κ3) is 2.15. The normalized spacial score (nSPS) is 19.5. The van der Waals surface area contributed by atoms with Gasteiger partial charge >= 0.3 is 5.97 Å². The van der Waals surface area contributed by atoms with Crippen LogP contribution in [0.25, 0.3) is 0 Å². The molecule has 0 amide bonds. The zero-order valence-electron chi connectivity index (χ0n) is 11.1. The highest BCUT2D eigenvalue weighted by molar-refractivity contribution is 5.93. The Morgan fingerprint density at radius 1 is 1.53 bits per heavy atom. The fraction of sp³-hybridized carbons (Fsp3) is 0.533. The Kier molecular flexibility index (Phi) is 3.09. The summed E-state index contributed by atoms with van der Waals surface area (Å²) in [7, 11) is 0. The number of hydrogen-bond acceptors (Lipinski definition) is 3. The van der Waals surface area contributed by atoms with E-state index in [4.69, 9.17) is 4.74 Å². The van der Waals surface area contributed by atoms with Crippen molar-refractivity contribution in [2.75, 3.05) is 18.1 Å². The van der Waals surface area contributed by atoms with E-state index in [0.717, 1.165) is 24.6 Å². The summed E-state index contributed by atoms with van der Waals surface area (Å²) >= 11 is 0. The number of nitrogens with zero attached hydrogens (tertiary/aromatic N) is 1. The van der Waals surface area contributed by atoms with Gasteiger partial charge in [0, 0.05) is 6.04 Å². The van der Waals surface area contributed by atoms with Gasteiger partial charge in [-0.15, -0.1) is 0 Å². The second-order valence-electron chi connectivity index (χ2n) is 5.31. The number of carbonyl (C=O) groups is 1. The molecule has 1 fully saturated rings. The summed E-state index contributed by atoms with van der Waals surface area (Å²) in [6, 6.07) is 5.92. The lowest BCUT2D eigenvalue weighted by molar-refractivity contribution is 0.0692. The first-order valence-corrected chi connectivity index (χ1v) is 6.98.